The molecule has 5 nitrogen and oxygen atoms in total. The molecule has 3 N–H and O–H groups in total. The third-order valence-corrected chi connectivity index (χ3v) is 2.70. The van der Waals surface area contributed by atoms with E-state index in [1.165, 1.54) is 0 Å². The topological polar surface area (TPSA) is 72.8 Å². The van der Waals surface area contributed by atoms with Gasteiger partial charge in [-0.3, -0.25) is 4.57 Å². The minimum absolute atomic E-state index is 0.0208. The fourth-order valence-corrected chi connectivity index (χ4v) is 1.75. The van der Waals surface area contributed by atoms with Crippen LogP contribution in [0.25, 0.3) is 0 Å². The number of hydrogen-bond donors (Lipinski definition) is 3. The van der Waals surface area contributed by atoms with Crippen LogP contribution in [-0.4, -0.2) is 53.6 Å². The summed E-state index contributed by atoms with van der Waals surface area (Å²) in [6, 6.07) is 0. The van der Waals surface area contributed by atoms with Crippen LogP contribution in [0.2, 0.25) is 0 Å². The van der Waals surface area contributed by atoms with E-state index in [-0.39, 0.29) is 6.16 Å². The van der Waals surface area contributed by atoms with Crippen molar-refractivity contribution in [2.24, 2.45) is 0 Å². The molecule has 1 saturated heterocycles. The summed E-state index contributed by atoms with van der Waals surface area (Å²) in [6.07, 6.45) is -0.0208. The van der Waals surface area contributed by atoms with Gasteiger partial charge in [0.1, 0.15) is 0 Å². The molecular formula is C6H15N2O3P. The normalized spacial score (nSPS) is 21.2. The van der Waals surface area contributed by atoms with Crippen LogP contribution >= 0.6 is 7.60 Å². The van der Waals surface area contributed by atoms with Gasteiger partial charge in [0.15, 0.2) is 0 Å². The first-order chi connectivity index (χ1) is 5.58. The fraction of sp³-hybridized carbons (Fsp3) is 1.00. The Hall–Kier alpha value is 0.0700. The highest BCUT2D eigenvalue weighted by Crippen LogP contribution is 2.33. The zero-order chi connectivity index (χ0) is 9.03. The van der Waals surface area contributed by atoms with Gasteiger partial charge < -0.3 is 20.0 Å². The van der Waals surface area contributed by atoms with Crippen molar-refractivity contribution in [3.8, 4) is 0 Å². The van der Waals surface area contributed by atoms with Gasteiger partial charge in [0, 0.05) is 32.7 Å². The van der Waals surface area contributed by atoms with E-state index in [1.807, 2.05) is 0 Å². The molecule has 0 saturated carbocycles. The van der Waals surface area contributed by atoms with E-state index >= 15 is 0 Å². The molecule has 0 aromatic heterocycles. The van der Waals surface area contributed by atoms with Crippen molar-refractivity contribution in [2.45, 2.75) is 0 Å². The summed E-state index contributed by atoms with van der Waals surface area (Å²) in [5.41, 5.74) is 0. The monoisotopic (exact) mass is 194 g/mol. The molecule has 12 heavy (non-hydrogen) atoms. The van der Waals surface area contributed by atoms with E-state index in [2.05, 4.69) is 10.2 Å². The third-order valence-electron chi connectivity index (χ3n) is 1.92. The number of nitrogens with zero attached hydrogens (tertiary/aromatic N) is 1. The molecule has 0 aromatic carbocycles. The average Bonchev–Trinajstić information content (AvgIpc) is 2.02. The fourth-order valence-electron chi connectivity index (χ4n) is 1.21. The van der Waals surface area contributed by atoms with Crippen molar-refractivity contribution in [2.75, 3.05) is 38.9 Å². The summed E-state index contributed by atoms with van der Waals surface area (Å²) in [6.45, 7) is 4.12. The number of hydrogen-bond acceptors (Lipinski definition) is 3. The first-order valence-electron chi connectivity index (χ1n) is 4.05. The van der Waals surface area contributed by atoms with Gasteiger partial charge in [0.2, 0.25) is 0 Å². The van der Waals surface area contributed by atoms with Crippen LogP contribution in [0.4, 0.5) is 0 Å². The van der Waals surface area contributed by atoms with Gasteiger partial charge in [-0.15, -0.1) is 0 Å². The van der Waals surface area contributed by atoms with Gasteiger partial charge >= 0.3 is 7.60 Å². The van der Waals surface area contributed by atoms with Crippen molar-refractivity contribution in [1.29, 1.82) is 0 Å². The summed E-state index contributed by atoms with van der Waals surface area (Å²) in [5, 5.41) is 3.18. The smallest absolute Gasteiger partial charge is 0.324 e. The van der Waals surface area contributed by atoms with E-state index in [1.54, 1.807) is 0 Å². The lowest BCUT2D eigenvalue weighted by atomic mass is 10.4. The minimum atomic E-state index is -3.79. The first kappa shape index (κ1) is 10.2. The van der Waals surface area contributed by atoms with Gasteiger partial charge in [0.25, 0.3) is 0 Å². The summed E-state index contributed by atoms with van der Waals surface area (Å²) < 4.78 is 10.5. The standard InChI is InChI=1S/C6H15N2O3P/c9-12(10,11)6-5-8-3-1-7-2-4-8/h7H,1-6H2,(H2,9,10,11). The van der Waals surface area contributed by atoms with Crippen LogP contribution in [-0.2, 0) is 4.57 Å². The summed E-state index contributed by atoms with van der Waals surface area (Å²) in [5.74, 6) is 0. The molecule has 0 radical (unpaired) electrons. The molecular weight excluding hydrogens is 179 g/mol. The lowest BCUT2D eigenvalue weighted by molar-refractivity contribution is 0.248. The van der Waals surface area contributed by atoms with E-state index in [0.717, 1.165) is 26.2 Å². The highest BCUT2D eigenvalue weighted by molar-refractivity contribution is 7.51. The maximum atomic E-state index is 10.5. The summed E-state index contributed by atoms with van der Waals surface area (Å²) >= 11 is 0. The predicted octanol–water partition coefficient (Wildman–Crippen LogP) is -0.931. The number of piperazine rings is 1. The van der Waals surface area contributed by atoms with E-state index < -0.39 is 7.60 Å². The largest absolute Gasteiger partial charge is 0.326 e. The lowest BCUT2D eigenvalue weighted by Gasteiger charge is -2.26. The molecule has 1 fully saturated rings. The minimum Gasteiger partial charge on any atom is -0.324 e. The molecule has 0 bridgehead atoms. The third kappa shape index (κ3) is 4.18. The van der Waals surface area contributed by atoms with Crippen LogP contribution < -0.4 is 5.32 Å². The lowest BCUT2D eigenvalue weighted by Crippen LogP contribution is -2.44. The molecule has 0 unspecified atom stereocenters. The molecule has 0 aromatic rings. The highest BCUT2D eigenvalue weighted by Gasteiger charge is 2.16. The zero-order valence-electron chi connectivity index (χ0n) is 6.94. The Morgan fingerprint density at radius 2 is 1.92 bits per heavy atom. The Morgan fingerprint density at radius 3 is 2.42 bits per heavy atom. The van der Waals surface area contributed by atoms with Crippen LogP contribution in [0.3, 0.4) is 0 Å². The van der Waals surface area contributed by atoms with Crippen LogP contribution in [0.5, 0.6) is 0 Å². The van der Waals surface area contributed by atoms with Crippen LogP contribution in [0.15, 0.2) is 0 Å². The molecule has 0 spiro atoms. The Kier molecular flexibility index (Phi) is 3.68. The van der Waals surface area contributed by atoms with Crippen molar-refractivity contribution >= 4 is 7.60 Å². The quantitative estimate of drug-likeness (QED) is 0.506. The molecule has 6 heteroatoms. The second-order valence-electron chi connectivity index (χ2n) is 2.98. The predicted molar refractivity (Wildman–Crippen MR) is 46.2 cm³/mol. The van der Waals surface area contributed by atoms with Gasteiger partial charge in [-0.05, 0) is 0 Å². The maximum Gasteiger partial charge on any atom is 0.326 e. The van der Waals surface area contributed by atoms with E-state index in [0.29, 0.717) is 6.54 Å². The Balaban J connectivity index is 2.17. The molecule has 1 heterocycles. The number of nitrogens with one attached hydrogen (secondary N) is 1. The van der Waals surface area contributed by atoms with Crippen molar-refractivity contribution in [1.82, 2.24) is 10.2 Å². The molecule has 1 aliphatic heterocycles. The zero-order valence-corrected chi connectivity index (χ0v) is 7.83. The molecule has 1 aliphatic rings. The van der Waals surface area contributed by atoms with Crippen LogP contribution in [0.1, 0.15) is 0 Å². The first-order valence-corrected chi connectivity index (χ1v) is 5.85. The van der Waals surface area contributed by atoms with Crippen molar-refractivity contribution in [3.63, 3.8) is 0 Å². The number of rotatable bonds is 3. The van der Waals surface area contributed by atoms with Crippen LogP contribution in [0, 0.1) is 0 Å². The average molecular weight is 194 g/mol. The highest BCUT2D eigenvalue weighted by atomic mass is 31.2. The maximum absolute atomic E-state index is 10.5. The SMILES string of the molecule is O=P(O)(O)CCN1CCNCC1. The van der Waals surface area contributed by atoms with Gasteiger partial charge in [-0.25, -0.2) is 0 Å². The van der Waals surface area contributed by atoms with Gasteiger partial charge in [-0.2, -0.15) is 0 Å². The van der Waals surface area contributed by atoms with Gasteiger partial charge in [-0.1, -0.05) is 0 Å². The Labute approximate surface area is 71.9 Å². The molecule has 72 valence electrons. The second kappa shape index (κ2) is 4.35. The van der Waals surface area contributed by atoms with E-state index in [4.69, 9.17) is 9.79 Å². The summed E-state index contributed by atoms with van der Waals surface area (Å²) in [4.78, 5) is 19.3. The summed E-state index contributed by atoms with van der Waals surface area (Å²) in [7, 11) is -3.79. The Morgan fingerprint density at radius 1 is 1.33 bits per heavy atom. The molecule has 0 aliphatic carbocycles. The van der Waals surface area contributed by atoms with Gasteiger partial charge in [0.05, 0.1) is 6.16 Å². The van der Waals surface area contributed by atoms with E-state index in [9.17, 15) is 4.57 Å². The van der Waals surface area contributed by atoms with Crippen molar-refractivity contribution in [3.05, 3.63) is 0 Å². The molecule has 0 atom stereocenters. The molecule has 1 rings (SSSR count). The Bertz CT molecular complexity index is 176. The van der Waals surface area contributed by atoms with Crippen molar-refractivity contribution < 1.29 is 14.4 Å². The molecule has 0 amide bonds. The second-order valence-corrected chi connectivity index (χ2v) is 4.76.